The summed E-state index contributed by atoms with van der Waals surface area (Å²) < 4.78 is 26.8. The van der Waals surface area contributed by atoms with Gasteiger partial charge in [-0.25, -0.2) is 4.39 Å². The van der Waals surface area contributed by atoms with Crippen molar-refractivity contribution in [3.63, 3.8) is 0 Å². The number of methoxy groups -OCH3 is 1. The molecule has 31 heavy (non-hydrogen) atoms. The van der Waals surface area contributed by atoms with E-state index in [0.29, 0.717) is 24.3 Å². The maximum Gasteiger partial charge on any atom is 0.316 e. The summed E-state index contributed by atoms with van der Waals surface area (Å²) in [7, 11) is 1.42. The van der Waals surface area contributed by atoms with Crippen LogP contribution in [0.15, 0.2) is 30.6 Å². The summed E-state index contributed by atoms with van der Waals surface area (Å²) in [5.41, 5.74) is 1.73. The van der Waals surface area contributed by atoms with E-state index in [9.17, 15) is 9.18 Å². The molecule has 1 saturated heterocycles. The number of rotatable bonds is 7. The number of hydrogen-bond acceptors (Lipinski definition) is 5. The van der Waals surface area contributed by atoms with Crippen LogP contribution in [0.5, 0.6) is 0 Å². The quantitative estimate of drug-likeness (QED) is 0.633. The molecule has 1 unspecified atom stereocenters. The number of morpholine rings is 1. The first-order valence-electron chi connectivity index (χ1n) is 11.2. The molecule has 1 aliphatic carbocycles. The highest BCUT2D eigenvalue weighted by Crippen LogP contribution is 2.47. The Morgan fingerprint density at radius 2 is 2.13 bits per heavy atom. The van der Waals surface area contributed by atoms with E-state index < -0.39 is 5.41 Å². The van der Waals surface area contributed by atoms with E-state index in [-0.39, 0.29) is 11.8 Å². The summed E-state index contributed by atoms with van der Waals surface area (Å²) in [6, 6.07) is 5.01. The van der Waals surface area contributed by atoms with Crippen molar-refractivity contribution in [2.45, 2.75) is 44.6 Å². The second-order valence-electron chi connectivity index (χ2n) is 8.86. The molecule has 0 amide bonds. The number of aromatic nitrogens is 2. The van der Waals surface area contributed by atoms with E-state index in [1.807, 2.05) is 16.9 Å². The van der Waals surface area contributed by atoms with Gasteiger partial charge >= 0.3 is 5.97 Å². The van der Waals surface area contributed by atoms with Crippen LogP contribution >= 0.6 is 0 Å². The highest BCUT2D eigenvalue weighted by molar-refractivity contribution is 5.84. The number of carbonyl (C=O) groups is 1. The number of benzene rings is 1. The molecule has 2 fully saturated rings. The van der Waals surface area contributed by atoms with Crippen LogP contribution in [0, 0.1) is 18.7 Å². The van der Waals surface area contributed by atoms with Crippen LogP contribution < -0.4 is 0 Å². The van der Waals surface area contributed by atoms with E-state index >= 15 is 0 Å². The smallest absolute Gasteiger partial charge is 0.316 e. The molecule has 4 rings (SSSR count). The van der Waals surface area contributed by atoms with E-state index in [2.05, 4.69) is 16.2 Å². The normalized spacial score (nSPS) is 24.4. The topological polar surface area (TPSA) is 56.6 Å². The van der Waals surface area contributed by atoms with Gasteiger partial charge < -0.3 is 9.47 Å². The SMILES string of the molecule is COC(=O)[C@@]1(c2cccc(F)c2C)CCC(Cc2cnn(CCN3CCOCC3)c2)C1. The van der Waals surface area contributed by atoms with Crippen molar-refractivity contribution in [3.8, 4) is 0 Å². The summed E-state index contributed by atoms with van der Waals surface area (Å²) in [6.45, 7) is 7.15. The van der Waals surface area contributed by atoms with E-state index in [1.165, 1.54) is 18.7 Å². The summed E-state index contributed by atoms with van der Waals surface area (Å²) in [5.74, 6) is -0.200. The minimum Gasteiger partial charge on any atom is -0.468 e. The molecule has 0 radical (unpaired) electrons. The van der Waals surface area contributed by atoms with Crippen molar-refractivity contribution in [1.82, 2.24) is 14.7 Å². The third kappa shape index (κ3) is 4.67. The molecule has 7 heteroatoms. The van der Waals surface area contributed by atoms with Crippen LogP contribution in [0.2, 0.25) is 0 Å². The van der Waals surface area contributed by atoms with Gasteiger partial charge in [0.05, 0.1) is 38.5 Å². The van der Waals surface area contributed by atoms with Crippen LogP contribution in [-0.2, 0) is 32.6 Å². The van der Waals surface area contributed by atoms with Gasteiger partial charge in [-0.3, -0.25) is 14.4 Å². The van der Waals surface area contributed by atoms with Gasteiger partial charge in [0.15, 0.2) is 0 Å². The molecule has 6 nitrogen and oxygen atoms in total. The van der Waals surface area contributed by atoms with E-state index in [1.54, 1.807) is 13.0 Å². The highest BCUT2D eigenvalue weighted by atomic mass is 19.1. The molecule has 0 bridgehead atoms. The molecule has 2 aromatic rings. The van der Waals surface area contributed by atoms with E-state index in [4.69, 9.17) is 9.47 Å². The Morgan fingerprint density at radius 1 is 1.32 bits per heavy atom. The average molecular weight is 430 g/mol. The van der Waals surface area contributed by atoms with Crippen LogP contribution in [0.1, 0.15) is 36.0 Å². The lowest BCUT2D eigenvalue weighted by Crippen LogP contribution is -2.38. The Balaban J connectivity index is 1.42. The maximum atomic E-state index is 14.3. The average Bonchev–Trinajstić information content (AvgIpc) is 3.42. The van der Waals surface area contributed by atoms with E-state index in [0.717, 1.165) is 57.8 Å². The molecule has 2 atom stereocenters. The van der Waals surface area contributed by atoms with Gasteiger partial charge in [-0.15, -0.1) is 0 Å². The largest absolute Gasteiger partial charge is 0.468 e. The monoisotopic (exact) mass is 429 g/mol. The lowest BCUT2D eigenvalue weighted by atomic mass is 9.75. The zero-order chi connectivity index (χ0) is 21.8. The van der Waals surface area contributed by atoms with Crippen LogP contribution in [0.25, 0.3) is 0 Å². The third-order valence-corrected chi connectivity index (χ3v) is 6.94. The Bertz CT molecular complexity index is 909. The molecular formula is C24H32FN3O3. The maximum absolute atomic E-state index is 14.3. The number of nitrogens with zero attached hydrogens (tertiary/aromatic N) is 3. The number of hydrogen-bond donors (Lipinski definition) is 0. The molecule has 1 aliphatic heterocycles. The van der Waals surface area contributed by atoms with Crippen molar-refractivity contribution < 1.29 is 18.7 Å². The molecule has 0 spiro atoms. The standard InChI is InChI=1S/C24H32FN3O3/c1-18-21(4-3-5-22(18)25)24(23(29)30-2)7-6-19(15-24)14-20-16-26-28(17-20)9-8-27-10-12-31-13-11-27/h3-5,16-17,19H,6-15H2,1-2H3/t19?,24-/m0/s1. The number of carbonyl (C=O) groups excluding carboxylic acids is 1. The number of ether oxygens (including phenoxy) is 2. The molecular weight excluding hydrogens is 397 g/mol. The summed E-state index contributed by atoms with van der Waals surface area (Å²) in [6.07, 6.45) is 7.17. The van der Waals surface area contributed by atoms with Gasteiger partial charge in [0.25, 0.3) is 0 Å². The first kappa shape index (κ1) is 22.0. The summed E-state index contributed by atoms with van der Waals surface area (Å²) >= 11 is 0. The van der Waals surface area contributed by atoms with Crippen molar-refractivity contribution in [3.05, 3.63) is 53.1 Å². The van der Waals surface area contributed by atoms with Gasteiger partial charge in [0.1, 0.15) is 5.82 Å². The Kier molecular flexibility index (Phi) is 6.72. The second-order valence-corrected chi connectivity index (χ2v) is 8.86. The number of halogens is 1. The van der Waals surface area contributed by atoms with Crippen LogP contribution in [-0.4, -0.2) is 60.6 Å². The zero-order valence-corrected chi connectivity index (χ0v) is 18.5. The molecule has 1 aromatic carbocycles. The Hall–Kier alpha value is -2.25. The first-order chi connectivity index (χ1) is 15.0. The van der Waals surface area contributed by atoms with Gasteiger partial charge in [0, 0.05) is 25.8 Å². The van der Waals surface area contributed by atoms with Crippen molar-refractivity contribution in [2.24, 2.45) is 5.92 Å². The molecule has 2 aliphatic rings. The van der Waals surface area contributed by atoms with Gasteiger partial charge in [-0.1, -0.05) is 12.1 Å². The highest BCUT2D eigenvalue weighted by Gasteiger charge is 2.48. The second kappa shape index (κ2) is 9.49. The fourth-order valence-corrected chi connectivity index (χ4v) is 5.22. The Labute approximate surface area is 183 Å². The fourth-order valence-electron chi connectivity index (χ4n) is 5.22. The Morgan fingerprint density at radius 3 is 2.90 bits per heavy atom. The molecule has 2 heterocycles. The van der Waals surface area contributed by atoms with Gasteiger partial charge in [-0.2, -0.15) is 5.10 Å². The summed E-state index contributed by atoms with van der Waals surface area (Å²) in [4.78, 5) is 15.3. The molecule has 0 N–H and O–H groups in total. The van der Waals surface area contributed by atoms with Crippen LogP contribution in [0.4, 0.5) is 4.39 Å². The fraction of sp³-hybridized carbons (Fsp3) is 0.583. The van der Waals surface area contributed by atoms with Crippen LogP contribution in [0.3, 0.4) is 0 Å². The summed E-state index contributed by atoms with van der Waals surface area (Å²) in [5, 5.41) is 4.53. The lowest BCUT2D eigenvalue weighted by molar-refractivity contribution is -0.147. The zero-order valence-electron chi connectivity index (χ0n) is 18.5. The van der Waals surface area contributed by atoms with Crippen molar-refractivity contribution in [2.75, 3.05) is 40.0 Å². The molecule has 168 valence electrons. The lowest BCUT2D eigenvalue weighted by Gasteiger charge is -2.29. The first-order valence-corrected chi connectivity index (χ1v) is 11.2. The predicted molar refractivity (Wildman–Crippen MR) is 115 cm³/mol. The third-order valence-electron chi connectivity index (χ3n) is 6.94. The minimum atomic E-state index is -0.766. The number of esters is 1. The van der Waals surface area contributed by atoms with Gasteiger partial charge in [0.2, 0.25) is 0 Å². The molecule has 1 saturated carbocycles. The predicted octanol–water partition coefficient (Wildman–Crippen LogP) is 3.12. The molecule has 1 aromatic heterocycles. The van der Waals surface area contributed by atoms with Gasteiger partial charge in [-0.05, 0) is 61.3 Å². The van der Waals surface area contributed by atoms with Crippen molar-refractivity contribution >= 4 is 5.97 Å². The minimum absolute atomic E-state index is 0.259. The van der Waals surface area contributed by atoms with Crippen molar-refractivity contribution in [1.29, 1.82) is 0 Å².